The van der Waals surface area contributed by atoms with E-state index in [1.165, 1.54) is 0 Å². The van der Waals surface area contributed by atoms with Gasteiger partial charge in [-0.05, 0) is 25.9 Å². The van der Waals surface area contributed by atoms with Gasteiger partial charge in [0.15, 0.2) is 0 Å². The second-order valence-corrected chi connectivity index (χ2v) is 2.81. The van der Waals surface area contributed by atoms with Gasteiger partial charge in [-0.1, -0.05) is 0 Å². The lowest BCUT2D eigenvalue weighted by Crippen LogP contribution is -2.33. The average molecular weight is 209 g/mol. The fraction of sp³-hybridized carbons (Fsp3) is 0.714. The van der Waals surface area contributed by atoms with Crippen molar-refractivity contribution in [2.45, 2.75) is 12.8 Å². The Kier molecular flexibility index (Phi) is 5.61. The molecule has 0 aromatic rings. The third-order valence-corrected chi connectivity index (χ3v) is 1.90. The summed E-state index contributed by atoms with van der Waals surface area (Å²) in [5.41, 5.74) is 0. The Labute approximate surface area is 82.6 Å². The SMILES string of the molecule is Cl.NOC(=O)C(=O)CN1CCCC1. The number of rotatable bonds is 3. The van der Waals surface area contributed by atoms with E-state index in [-0.39, 0.29) is 19.0 Å². The van der Waals surface area contributed by atoms with Crippen LogP contribution in [0.4, 0.5) is 0 Å². The van der Waals surface area contributed by atoms with E-state index >= 15 is 0 Å². The summed E-state index contributed by atoms with van der Waals surface area (Å²) in [6, 6.07) is 0. The highest BCUT2D eigenvalue weighted by Gasteiger charge is 2.20. The van der Waals surface area contributed by atoms with Crippen LogP contribution in [0.2, 0.25) is 0 Å². The number of nitrogens with zero attached hydrogens (tertiary/aromatic N) is 1. The first kappa shape index (κ1) is 12.3. The topological polar surface area (TPSA) is 72.6 Å². The number of halogens is 1. The molecule has 0 unspecified atom stereocenters. The van der Waals surface area contributed by atoms with E-state index in [2.05, 4.69) is 10.7 Å². The Morgan fingerprint density at radius 1 is 1.31 bits per heavy atom. The minimum absolute atomic E-state index is 0. The van der Waals surface area contributed by atoms with Crippen LogP contribution in [0.15, 0.2) is 0 Å². The van der Waals surface area contributed by atoms with Crippen molar-refractivity contribution in [3.05, 3.63) is 0 Å². The van der Waals surface area contributed by atoms with E-state index in [4.69, 9.17) is 0 Å². The maximum absolute atomic E-state index is 10.9. The fourth-order valence-electron chi connectivity index (χ4n) is 1.27. The first-order valence-corrected chi connectivity index (χ1v) is 3.90. The van der Waals surface area contributed by atoms with Crippen molar-refractivity contribution < 1.29 is 14.4 Å². The van der Waals surface area contributed by atoms with E-state index in [0.717, 1.165) is 25.9 Å². The van der Waals surface area contributed by atoms with Crippen molar-refractivity contribution in [1.29, 1.82) is 0 Å². The number of carbonyl (C=O) groups is 2. The van der Waals surface area contributed by atoms with Crippen LogP contribution in [0, 0.1) is 0 Å². The molecule has 0 aromatic carbocycles. The summed E-state index contributed by atoms with van der Waals surface area (Å²) in [6.45, 7) is 1.89. The summed E-state index contributed by atoms with van der Waals surface area (Å²) in [5.74, 6) is 3.03. The molecular weight excluding hydrogens is 196 g/mol. The molecule has 0 bridgehead atoms. The Morgan fingerprint density at radius 2 is 1.85 bits per heavy atom. The normalized spacial score (nSPS) is 16.4. The van der Waals surface area contributed by atoms with Gasteiger partial charge in [0, 0.05) is 0 Å². The van der Waals surface area contributed by atoms with Crippen molar-refractivity contribution in [3.63, 3.8) is 0 Å². The number of hydrogen-bond acceptors (Lipinski definition) is 5. The third kappa shape index (κ3) is 3.71. The van der Waals surface area contributed by atoms with Crippen LogP contribution in [-0.4, -0.2) is 36.3 Å². The van der Waals surface area contributed by atoms with Gasteiger partial charge in [-0.15, -0.1) is 12.4 Å². The van der Waals surface area contributed by atoms with E-state index < -0.39 is 11.8 Å². The molecule has 1 aliphatic rings. The van der Waals surface area contributed by atoms with E-state index in [0.29, 0.717) is 0 Å². The minimum atomic E-state index is -0.957. The van der Waals surface area contributed by atoms with Gasteiger partial charge < -0.3 is 4.84 Å². The Hall–Kier alpha value is -0.650. The van der Waals surface area contributed by atoms with Gasteiger partial charge in [0.25, 0.3) is 5.78 Å². The molecule has 1 heterocycles. The Balaban J connectivity index is 0.00000144. The summed E-state index contributed by atoms with van der Waals surface area (Å²) >= 11 is 0. The maximum atomic E-state index is 10.9. The van der Waals surface area contributed by atoms with Crippen molar-refractivity contribution in [2.75, 3.05) is 19.6 Å². The quantitative estimate of drug-likeness (QED) is 0.500. The van der Waals surface area contributed by atoms with Gasteiger partial charge >= 0.3 is 5.97 Å². The molecule has 76 valence electrons. The fourth-order valence-corrected chi connectivity index (χ4v) is 1.27. The number of carbonyl (C=O) groups excluding carboxylic acids is 2. The van der Waals surface area contributed by atoms with Crippen LogP contribution < -0.4 is 5.90 Å². The van der Waals surface area contributed by atoms with Crippen molar-refractivity contribution >= 4 is 24.2 Å². The smallest absolute Gasteiger partial charge is 0.367 e. The minimum Gasteiger partial charge on any atom is -0.367 e. The predicted octanol–water partition coefficient (Wildman–Crippen LogP) is -0.510. The molecule has 0 saturated carbocycles. The molecule has 13 heavy (non-hydrogen) atoms. The molecule has 1 fully saturated rings. The van der Waals surface area contributed by atoms with Crippen molar-refractivity contribution in [3.8, 4) is 0 Å². The largest absolute Gasteiger partial charge is 0.394 e. The van der Waals surface area contributed by atoms with Crippen molar-refractivity contribution in [2.24, 2.45) is 5.90 Å². The second kappa shape index (κ2) is 5.90. The summed E-state index contributed by atoms with van der Waals surface area (Å²) < 4.78 is 0. The summed E-state index contributed by atoms with van der Waals surface area (Å²) in [6.07, 6.45) is 2.18. The lowest BCUT2D eigenvalue weighted by molar-refractivity contribution is -0.154. The molecule has 0 amide bonds. The highest BCUT2D eigenvalue weighted by Crippen LogP contribution is 2.06. The van der Waals surface area contributed by atoms with Crippen LogP contribution >= 0.6 is 12.4 Å². The molecule has 0 aromatic heterocycles. The summed E-state index contributed by atoms with van der Waals surface area (Å²) in [5, 5.41) is 0. The molecular formula is C7H13ClN2O3. The lowest BCUT2D eigenvalue weighted by atomic mass is 10.4. The molecule has 5 nitrogen and oxygen atoms in total. The lowest BCUT2D eigenvalue weighted by Gasteiger charge is -2.11. The van der Waals surface area contributed by atoms with Gasteiger partial charge in [0.1, 0.15) is 0 Å². The molecule has 0 atom stereocenters. The van der Waals surface area contributed by atoms with Gasteiger partial charge in [-0.25, -0.2) is 4.79 Å². The number of likely N-dealkylation sites (tertiary alicyclic amines) is 1. The third-order valence-electron chi connectivity index (χ3n) is 1.90. The van der Waals surface area contributed by atoms with E-state index in [1.807, 2.05) is 4.90 Å². The highest BCUT2D eigenvalue weighted by molar-refractivity contribution is 6.34. The molecule has 0 spiro atoms. The molecule has 2 N–H and O–H groups in total. The standard InChI is InChI=1S/C7H12N2O3.ClH/c8-12-7(11)6(10)5-9-3-1-2-4-9;/h1-5,8H2;1H. The highest BCUT2D eigenvalue weighted by atomic mass is 35.5. The number of hydrogen-bond donors (Lipinski definition) is 1. The molecule has 1 rings (SSSR count). The Morgan fingerprint density at radius 3 is 2.31 bits per heavy atom. The van der Waals surface area contributed by atoms with Crippen molar-refractivity contribution in [1.82, 2.24) is 4.90 Å². The zero-order valence-corrected chi connectivity index (χ0v) is 8.01. The maximum Gasteiger partial charge on any atom is 0.394 e. The summed E-state index contributed by atoms with van der Waals surface area (Å²) in [7, 11) is 0. The van der Waals surface area contributed by atoms with Crippen LogP contribution in [0.25, 0.3) is 0 Å². The number of Topliss-reactive ketones (excluding diaryl/α,β-unsaturated/α-hetero) is 1. The average Bonchev–Trinajstić information content (AvgIpc) is 2.55. The molecule has 6 heteroatoms. The van der Waals surface area contributed by atoms with E-state index in [9.17, 15) is 9.59 Å². The van der Waals surface area contributed by atoms with E-state index in [1.54, 1.807) is 0 Å². The van der Waals surface area contributed by atoms with Gasteiger partial charge in [-0.2, -0.15) is 5.90 Å². The Bertz CT molecular complexity index is 192. The predicted molar refractivity (Wildman–Crippen MR) is 48.2 cm³/mol. The first-order valence-electron chi connectivity index (χ1n) is 3.90. The molecule has 1 aliphatic heterocycles. The second-order valence-electron chi connectivity index (χ2n) is 2.81. The monoisotopic (exact) mass is 208 g/mol. The number of nitrogens with two attached hydrogens (primary N) is 1. The molecule has 0 radical (unpaired) electrons. The van der Waals surface area contributed by atoms with Crippen LogP contribution in [-0.2, 0) is 14.4 Å². The number of ketones is 1. The zero-order chi connectivity index (χ0) is 8.97. The molecule has 1 saturated heterocycles. The van der Waals surface area contributed by atoms with Crippen LogP contribution in [0.5, 0.6) is 0 Å². The van der Waals surface area contributed by atoms with Gasteiger partial charge in [0.2, 0.25) is 0 Å². The first-order chi connectivity index (χ1) is 5.74. The van der Waals surface area contributed by atoms with Gasteiger partial charge in [-0.3, -0.25) is 9.69 Å². The van der Waals surface area contributed by atoms with Gasteiger partial charge in [0.05, 0.1) is 6.54 Å². The van der Waals surface area contributed by atoms with Crippen LogP contribution in [0.1, 0.15) is 12.8 Å². The molecule has 0 aliphatic carbocycles. The van der Waals surface area contributed by atoms with Crippen LogP contribution in [0.3, 0.4) is 0 Å². The summed E-state index contributed by atoms with van der Waals surface area (Å²) in [4.78, 5) is 27.2. The zero-order valence-electron chi connectivity index (χ0n) is 7.19.